The van der Waals surface area contributed by atoms with Gasteiger partial charge in [-0.15, -0.1) is 0 Å². The van der Waals surface area contributed by atoms with E-state index in [1.807, 2.05) is 24.4 Å². The Morgan fingerprint density at radius 2 is 2.24 bits per heavy atom. The standard InChI is InChI=1S/C15H15ClN4O/c1-17-14-9-6-10(16)13(7-12(9)18-15(14)21)20-5-4-11(19-20)8-2-3-8/h4-8,14,17H,2-3H2,1H3,(H,18,21). The van der Waals surface area contributed by atoms with E-state index in [0.717, 1.165) is 22.6 Å². The minimum atomic E-state index is -0.341. The van der Waals surface area contributed by atoms with Crippen molar-refractivity contribution in [3.8, 4) is 5.69 Å². The van der Waals surface area contributed by atoms with Crippen LogP contribution >= 0.6 is 11.6 Å². The van der Waals surface area contributed by atoms with Crippen molar-refractivity contribution >= 4 is 23.2 Å². The molecule has 1 saturated carbocycles. The Labute approximate surface area is 127 Å². The van der Waals surface area contributed by atoms with Crippen LogP contribution in [0.4, 0.5) is 5.69 Å². The molecule has 2 N–H and O–H groups in total. The van der Waals surface area contributed by atoms with Crippen LogP contribution in [-0.2, 0) is 4.79 Å². The van der Waals surface area contributed by atoms with E-state index in [-0.39, 0.29) is 11.9 Å². The summed E-state index contributed by atoms with van der Waals surface area (Å²) in [5, 5.41) is 11.1. The van der Waals surface area contributed by atoms with Crippen LogP contribution in [0.3, 0.4) is 0 Å². The van der Waals surface area contributed by atoms with Crippen LogP contribution in [0.2, 0.25) is 5.02 Å². The van der Waals surface area contributed by atoms with E-state index in [9.17, 15) is 4.79 Å². The lowest BCUT2D eigenvalue weighted by Crippen LogP contribution is -2.23. The molecule has 108 valence electrons. The SMILES string of the molecule is CNC1C(=O)Nc2cc(-n3ccc(C4CC4)n3)c(Cl)cc21. The number of benzene rings is 1. The molecule has 6 heteroatoms. The van der Waals surface area contributed by atoms with Crippen LogP contribution in [0.5, 0.6) is 0 Å². The predicted octanol–water partition coefficient (Wildman–Crippen LogP) is 2.62. The third-order valence-corrected chi connectivity index (χ3v) is 4.39. The number of hydrogen-bond donors (Lipinski definition) is 2. The molecule has 4 rings (SSSR count). The number of hydrogen-bond acceptors (Lipinski definition) is 3. The lowest BCUT2D eigenvalue weighted by atomic mass is 10.1. The van der Waals surface area contributed by atoms with Crippen LogP contribution in [0.1, 0.15) is 36.1 Å². The first-order valence-electron chi connectivity index (χ1n) is 7.05. The number of rotatable bonds is 3. The monoisotopic (exact) mass is 302 g/mol. The smallest absolute Gasteiger partial charge is 0.246 e. The van der Waals surface area contributed by atoms with E-state index in [1.54, 1.807) is 11.7 Å². The van der Waals surface area contributed by atoms with Crippen LogP contribution in [0, 0.1) is 0 Å². The van der Waals surface area contributed by atoms with Gasteiger partial charge in [-0.2, -0.15) is 5.10 Å². The molecule has 0 radical (unpaired) electrons. The molecule has 0 bridgehead atoms. The summed E-state index contributed by atoms with van der Waals surface area (Å²) in [5.74, 6) is 0.549. The Morgan fingerprint density at radius 1 is 1.43 bits per heavy atom. The highest BCUT2D eigenvalue weighted by Gasteiger charge is 2.31. The largest absolute Gasteiger partial charge is 0.324 e. The fraction of sp³-hybridized carbons (Fsp3) is 0.333. The van der Waals surface area contributed by atoms with Crippen molar-refractivity contribution in [2.45, 2.75) is 24.8 Å². The Morgan fingerprint density at radius 3 is 2.95 bits per heavy atom. The summed E-state index contributed by atoms with van der Waals surface area (Å²) in [4.78, 5) is 11.9. The van der Waals surface area contributed by atoms with Gasteiger partial charge in [-0.05, 0) is 38.1 Å². The van der Waals surface area contributed by atoms with Gasteiger partial charge in [0.25, 0.3) is 0 Å². The Hall–Kier alpha value is -1.85. The lowest BCUT2D eigenvalue weighted by Gasteiger charge is -2.10. The number of aromatic nitrogens is 2. The zero-order valence-corrected chi connectivity index (χ0v) is 12.3. The molecule has 1 unspecified atom stereocenters. The van der Waals surface area contributed by atoms with Gasteiger partial charge >= 0.3 is 0 Å². The Bertz CT molecular complexity index is 735. The first-order valence-corrected chi connectivity index (χ1v) is 7.42. The van der Waals surface area contributed by atoms with Crippen molar-refractivity contribution in [2.75, 3.05) is 12.4 Å². The maximum absolute atomic E-state index is 11.9. The molecule has 2 heterocycles. The molecule has 1 aromatic heterocycles. The van der Waals surface area contributed by atoms with E-state index in [2.05, 4.69) is 15.7 Å². The molecule has 21 heavy (non-hydrogen) atoms. The molecule has 1 aromatic carbocycles. The minimum Gasteiger partial charge on any atom is -0.324 e. The number of nitrogens with one attached hydrogen (secondary N) is 2. The number of halogens is 1. The van der Waals surface area contributed by atoms with Crippen molar-refractivity contribution in [1.29, 1.82) is 0 Å². The highest BCUT2D eigenvalue weighted by atomic mass is 35.5. The van der Waals surface area contributed by atoms with Crippen LogP contribution in [-0.4, -0.2) is 22.7 Å². The normalized spacial score (nSPS) is 20.5. The van der Waals surface area contributed by atoms with Gasteiger partial charge < -0.3 is 10.6 Å². The number of anilines is 1. The van der Waals surface area contributed by atoms with Crippen LogP contribution in [0.15, 0.2) is 24.4 Å². The molecular formula is C15H15ClN4O. The molecule has 1 amide bonds. The average molecular weight is 303 g/mol. The third-order valence-electron chi connectivity index (χ3n) is 4.09. The lowest BCUT2D eigenvalue weighted by molar-refractivity contribution is -0.117. The second-order valence-corrected chi connectivity index (χ2v) is 5.97. The number of amides is 1. The molecule has 2 aliphatic rings. The fourth-order valence-electron chi connectivity index (χ4n) is 2.80. The van der Waals surface area contributed by atoms with Crippen molar-refractivity contribution in [2.24, 2.45) is 0 Å². The van der Waals surface area contributed by atoms with Gasteiger partial charge in [0, 0.05) is 23.4 Å². The van der Waals surface area contributed by atoms with E-state index < -0.39 is 0 Å². The van der Waals surface area contributed by atoms with Gasteiger partial charge in [-0.25, -0.2) is 4.68 Å². The number of carbonyl (C=O) groups is 1. The highest BCUT2D eigenvalue weighted by Crippen LogP contribution is 2.40. The quantitative estimate of drug-likeness (QED) is 0.916. The summed E-state index contributed by atoms with van der Waals surface area (Å²) in [5.41, 5.74) is 3.58. The number of nitrogens with zero attached hydrogens (tertiary/aromatic N) is 2. The van der Waals surface area contributed by atoms with Crippen molar-refractivity contribution in [3.05, 3.63) is 40.7 Å². The molecule has 5 nitrogen and oxygen atoms in total. The van der Waals surface area contributed by atoms with Gasteiger partial charge in [-0.3, -0.25) is 4.79 Å². The van der Waals surface area contributed by atoms with Gasteiger partial charge in [0.1, 0.15) is 6.04 Å². The summed E-state index contributed by atoms with van der Waals surface area (Å²) in [6.07, 6.45) is 4.36. The average Bonchev–Trinajstić information content (AvgIpc) is 3.11. The molecule has 2 aromatic rings. The first-order chi connectivity index (χ1) is 10.2. The number of fused-ring (bicyclic) bond motifs is 1. The van der Waals surface area contributed by atoms with Gasteiger partial charge in [0.05, 0.1) is 16.4 Å². The maximum Gasteiger partial charge on any atom is 0.246 e. The molecule has 0 spiro atoms. The van der Waals surface area contributed by atoms with Crippen LogP contribution in [0.25, 0.3) is 5.69 Å². The molecule has 1 aliphatic carbocycles. The molecular weight excluding hydrogens is 288 g/mol. The van der Waals surface area contributed by atoms with Crippen molar-refractivity contribution < 1.29 is 4.79 Å². The maximum atomic E-state index is 11.9. The molecule has 1 aliphatic heterocycles. The summed E-state index contributed by atoms with van der Waals surface area (Å²) < 4.78 is 1.79. The summed E-state index contributed by atoms with van der Waals surface area (Å²) in [6.45, 7) is 0. The van der Waals surface area contributed by atoms with E-state index >= 15 is 0 Å². The van der Waals surface area contributed by atoms with E-state index in [0.29, 0.717) is 10.9 Å². The van der Waals surface area contributed by atoms with Gasteiger partial charge in [0.15, 0.2) is 0 Å². The Balaban J connectivity index is 1.76. The zero-order valence-electron chi connectivity index (χ0n) is 11.6. The van der Waals surface area contributed by atoms with Crippen molar-refractivity contribution in [1.82, 2.24) is 15.1 Å². The van der Waals surface area contributed by atoms with Crippen LogP contribution < -0.4 is 10.6 Å². The van der Waals surface area contributed by atoms with E-state index in [1.165, 1.54) is 12.8 Å². The van der Waals surface area contributed by atoms with Gasteiger partial charge in [0.2, 0.25) is 5.91 Å². The van der Waals surface area contributed by atoms with Crippen molar-refractivity contribution in [3.63, 3.8) is 0 Å². The Kier molecular flexibility index (Phi) is 2.80. The second kappa shape index (κ2) is 4.58. The summed E-state index contributed by atoms with van der Waals surface area (Å²) in [7, 11) is 1.76. The molecule has 1 fully saturated rings. The summed E-state index contributed by atoms with van der Waals surface area (Å²) in [6, 6.07) is 5.42. The molecule has 0 saturated heterocycles. The van der Waals surface area contributed by atoms with Gasteiger partial charge in [-0.1, -0.05) is 11.6 Å². The minimum absolute atomic E-state index is 0.0557. The fourth-order valence-corrected chi connectivity index (χ4v) is 3.06. The zero-order chi connectivity index (χ0) is 14.6. The number of likely N-dealkylation sites (N-methyl/N-ethyl adjacent to an activating group) is 1. The second-order valence-electron chi connectivity index (χ2n) is 5.56. The number of carbonyl (C=O) groups excluding carboxylic acids is 1. The third kappa shape index (κ3) is 2.04. The summed E-state index contributed by atoms with van der Waals surface area (Å²) >= 11 is 6.39. The highest BCUT2D eigenvalue weighted by molar-refractivity contribution is 6.32. The van der Waals surface area contributed by atoms with E-state index in [4.69, 9.17) is 11.6 Å². The topological polar surface area (TPSA) is 59.0 Å². The predicted molar refractivity (Wildman–Crippen MR) is 81.0 cm³/mol. The molecule has 1 atom stereocenters. The first kappa shape index (κ1) is 12.9.